The average molecular weight is 389 g/mol. The quantitative estimate of drug-likeness (QED) is 0.635. The lowest BCUT2D eigenvalue weighted by atomic mass is 10.2. The van der Waals surface area contributed by atoms with Crippen molar-refractivity contribution in [2.45, 2.75) is 11.4 Å². The van der Waals surface area contributed by atoms with E-state index in [0.29, 0.717) is 11.6 Å². The van der Waals surface area contributed by atoms with Gasteiger partial charge in [0.25, 0.3) is 0 Å². The standard InChI is InChI=1S/C17H19N5O4S/c1-21-16(13-5-7-14(26-2)8-6-13)20-22(17(21)23)11-10-19-27(24,25)15-4-3-9-18-12-15/h3-9,12,19H,10-11H2,1-2H3. The number of hydrogen-bond acceptors (Lipinski definition) is 6. The maximum Gasteiger partial charge on any atom is 0.345 e. The molecule has 0 spiro atoms. The second-order valence-corrected chi connectivity index (χ2v) is 7.47. The number of rotatable bonds is 7. The largest absolute Gasteiger partial charge is 0.497 e. The number of aromatic nitrogens is 4. The van der Waals surface area contributed by atoms with Crippen LogP contribution in [0.2, 0.25) is 0 Å². The first-order valence-electron chi connectivity index (χ1n) is 8.10. The molecule has 27 heavy (non-hydrogen) atoms. The third-order valence-electron chi connectivity index (χ3n) is 3.95. The van der Waals surface area contributed by atoms with Crippen molar-refractivity contribution < 1.29 is 13.2 Å². The summed E-state index contributed by atoms with van der Waals surface area (Å²) in [6.45, 7) is 0.124. The molecule has 3 aromatic rings. The van der Waals surface area contributed by atoms with Crippen molar-refractivity contribution in [2.75, 3.05) is 13.7 Å². The maximum absolute atomic E-state index is 12.4. The molecule has 0 bridgehead atoms. The lowest BCUT2D eigenvalue weighted by molar-refractivity contribution is 0.415. The Labute approximate surface area is 156 Å². The summed E-state index contributed by atoms with van der Waals surface area (Å²) in [6.07, 6.45) is 2.75. The Morgan fingerprint density at radius 2 is 1.93 bits per heavy atom. The van der Waals surface area contributed by atoms with Crippen molar-refractivity contribution in [3.8, 4) is 17.1 Å². The van der Waals surface area contributed by atoms with Crippen LogP contribution < -0.4 is 15.1 Å². The average Bonchev–Trinajstić information content (AvgIpc) is 2.97. The van der Waals surface area contributed by atoms with E-state index in [1.54, 1.807) is 44.5 Å². The minimum Gasteiger partial charge on any atom is -0.497 e. The zero-order chi connectivity index (χ0) is 19.4. The topological polar surface area (TPSA) is 108 Å². The number of ether oxygens (including phenoxy) is 1. The molecule has 0 aliphatic rings. The molecule has 0 atom stereocenters. The normalized spacial score (nSPS) is 11.5. The molecule has 3 rings (SSSR count). The van der Waals surface area contributed by atoms with Gasteiger partial charge in [-0.25, -0.2) is 22.6 Å². The second-order valence-electron chi connectivity index (χ2n) is 5.70. The van der Waals surface area contributed by atoms with E-state index in [9.17, 15) is 13.2 Å². The Kier molecular flexibility index (Phi) is 5.38. The fraction of sp³-hybridized carbons (Fsp3) is 0.235. The number of pyridine rings is 1. The van der Waals surface area contributed by atoms with E-state index in [-0.39, 0.29) is 23.7 Å². The van der Waals surface area contributed by atoms with Gasteiger partial charge >= 0.3 is 5.69 Å². The van der Waals surface area contributed by atoms with Crippen LogP contribution in [0.4, 0.5) is 0 Å². The van der Waals surface area contributed by atoms with Gasteiger partial charge in [-0.3, -0.25) is 9.55 Å². The first-order chi connectivity index (χ1) is 12.9. The summed E-state index contributed by atoms with van der Waals surface area (Å²) in [4.78, 5) is 16.2. The Morgan fingerprint density at radius 1 is 1.19 bits per heavy atom. The molecule has 0 unspecified atom stereocenters. The monoisotopic (exact) mass is 389 g/mol. The van der Waals surface area contributed by atoms with Gasteiger partial charge in [-0.2, -0.15) is 0 Å². The molecule has 0 amide bonds. The zero-order valence-corrected chi connectivity index (χ0v) is 15.7. The predicted octanol–water partition coefficient (Wildman–Crippen LogP) is 0.631. The molecule has 1 aromatic carbocycles. The fourth-order valence-electron chi connectivity index (χ4n) is 2.50. The van der Waals surface area contributed by atoms with Gasteiger partial charge in [0.2, 0.25) is 10.0 Å². The van der Waals surface area contributed by atoms with Crippen LogP contribution in [0.25, 0.3) is 11.4 Å². The summed E-state index contributed by atoms with van der Waals surface area (Å²) in [5.74, 6) is 1.19. The molecule has 142 valence electrons. The summed E-state index contributed by atoms with van der Waals surface area (Å²) in [7, 11) is -0.491. The van der Waals surface area contributed by atoms with Gasteiger partial charge in [0, 0.05) is 31.5 Å². The van der Waals surface area contributed by atoms with Gasteiger partial charge in [-0.15, -0.1) is 5.10 Å². The lowest BCUT2D eigenvalue weighted by Gasteiger charge is -2.05. The number of nitrogens with one attached hydrogen (secondary N) is 1. The van der Waals surface area contributed by atoms with Crippen molar-refractivity contribution in [1.29, 1.82) is 0 Å². The van der Waals surface area contributed by atoms with E-state index in [0.717, 1.165) is 5.56 Å². The van der Waals surface area contributed by atoms with Gasteiger partial charge in [0.15, 0.2) is 5.82 Å². The third-order valence-corrected chi connectivity index (χ3v) is 5.40. The molecule has 0 fully saturated rings. The summed E-state index contributed by atoms with van der Waals surface area (Å²) in [6, 6.07) is 10.1. The molecule has 0 aliphatic carbocycles. The number of hydrogen-bond donors (Lipinski definition) is 1. The highest BCUT2D eigenvalue weighted by molar-refractivity contribution is 7.89. The van der Waals surface area contributed by atoms with Gasteiger partial charge in [-0.1, -0.05) is 0 Å². The Morgan fingerprint density at radius 3 is 2.56 bits per heavy atom. The molecule has 9 nitrogen and oxygen atoms in total. The highest BCUT2D eigenvalue weighted by atomic mass is 32.2. The first-order valence-corrected chi connectivity index (χ1v) is 9.58. The third kappa shape index (κ3) is 4.07. The summed E-state index contributed by atoms with van der Waals surface area (Å²) >= 11 is 0. The van der Waals surface area contributed by atoms with Crippen LogP contribution in [0.15, 0.2) is 58.5 Å². The van der Waals surface area contributed by atoms with Crippen molar-refractivity contribution in [3.63, 3.8) is 0 Å². The van der Waals surface area contributed by atoms with Crippen LogP contribution in [-0.4, -0.2) is 41.4 Å². The molecule has 0 aliphatic heterocycles. The van der Waals surface area contributed by atoms with Crippen LogP contribution in [0.1, 0.15) is 0 Å². The Balaban J connectivity index is 1.74. The highest BCUT2D eigenvalue weighted by Gasteiger charge is 2.15. The Bertz CT molecular complexity index is 1070. The van der Waals surface area contributed by atoms with Gasteiger partial charge in [-0.05, 0) is 36.4 Å². The summed E-state index contributed by atoms with van der Waals surface area (Å²) in [5.41, 5.74) is 0.423. The van der Waals surface area contributed by atoms with Crippen molar-refractivity contribution >= 4 is 10.0 Å². The smallest absolute Gasteiger partial charge is 0.345 e. The first kappa shape index (κ1) is 18.8. The summed E-state index contributed by atoms with van der Waals surface area (Å²) in [5, 5.41) is 4.31. The van der Waals surface area contributed by atoms with E-state index in [1.807, 2.05) is 0 Å². The number of benzene rings is 1. The second kappa shape index (κ2) is 7.72. The summed E-state index contributed by atoms with van der Waals surface area (Å²) < 4.78 is 34.6. The van der Waals surface area contributed by atoms with E-state index in [1.165, 1.54) is 27.7 Å². The van der Waals surface area contributed by atoms with Gasteiger partial charge in [0.1, 0.15) is 10.6 Å². The number of nitrogens with zero attached hydrogens (tertiary/aromatic N) is 4. The minimum absolute atomic E-state index is 0.0240. The number of sulfonamides is 1. The molecular formula is C17H19N5O4S. The van der Waals surface area contributed by atoms with Gasteiger partial charge in [0.05, 0.1) is 13.7 Å². The van der Waals surface area contributed by atoms with E-state index >= 15 is 0 Å². The lowest BCUT2D eigenvalue weighted by Crippen LogP contribution is -2.31. The highest BCUT2D eigenvalue weighted by Crippen LogP contribution is 2.19. The van der Waals surface area contributed by atoms with Crippen molar-refractivity contribution in [3.05, 3.63) is 59.3 Å². The van der Waals surface area contributed by atoms with Crippen molar-refractivity contribution in [1.82, 2.24) is 24.1 Å². The van der Waals surface area contributed by atoms with E-state index < -0.39 is 10.0 Å². The van der Waals surface area contributed by atoms with E-state index in [2.05, 4.69) is 14.8 Å². The van der Waals surface area contributed by atoms with Crippen LogP contribution in [0.5, 0.6) is 5.75 Å². The number of methoxy groups -OCH3 is 1. The van der Waals surface area contributed by atoms with Crippen molar-refractivity contribution in [2.24, 2.45) is 7.05 Å². The molecule has 0 saturated carbocycles. The maximum atomic E-state index is 12.4. The molecule has 0 radical (unpaired) electrons. The fourth-order valence-corrected chi connectivity index (χ4v) is 3.48. The molecule has 2 aromatic heterocycles. The zero-order valence-electron chi connectivity index (χ0n) is 14.9. The van der Waals surface area contributed by atoms with Crippen LogP contribution in [0, 0.1) is 0 Å². The molecule has 1 N–H and O–H groups in total. The molecule has 10 heteroatoms. The van der Waals surface area contributed by atoms with E-state index in [4.69, 9.17) is 4.74 Å². The van der Waals surface area contributed by atoms with Crippen LogP contribution in [0.3, 0.4) is 0 Å². The van der Waals surface area contributed by atoms with Crippen LogP contribution >= 0.6 is 0 Å². The van der Waals surface area contributed by atoms with Crippen LogP contribution in [-0.2, 0) is 23.6 Å². The minimum atomic E-state index is -3.68. The molecular weight excluding hydrogens is 370 g/mol. The molecule has 2 heterocycles. The Hall–Kier alpha value is -2.98. The van der Waals surface area contributed by atoms with Gasteiger partial charge < -0.3 is 4.74 Å². The molecule has 0 saturated heterocycles. The predicted molar refractivity (Wildman–Crippen MR) is 98.9 cm³/mol. The SMILES string of the molecule is COc1ccc(-c2nn(CCNS(=O)(=O)c3cccnc3)c(=O)n2C)cc1.